The molecule has 8 N–H and O–H groups in total. The van der Waals surface area contributed by atoms with Crippen molar-refractivity contribution in [1.82, 2.24) is 0 Å². The number of aliphatic hydroxyl groups is 6. The van der Waals surface area contributed by atoms with E-state index in [0.29, 0.717) is 11.1 Å². The molecule has 9 atom stereocenters. The number of esters is 2. The molecule has 2 fully saturated rings. The average molecular weight is 755 g/mol. The van der Waals surface area contributed by atoms with Gasteiger partial charge in [-0.2, -0.15) is 0 Å². The summed E-state index contributed by atoms with van der Waals surface area (Å²) in [6.45, 7) is -2.47. The van der Waals surface area contributed by atoms with Gasteiger partial charge in [-0.05, 0) is 47.5 Å². The Balaban J connectivity index is 1.37. The Morgan fingerprint density at radius 1 is 0.679 bits per heavy atom. The highest BCUT2D eigenvalue weighted by molar-refractivity contribution is 5.88. The van der Waals surface area contributed by atoms with Crippen molar-refractivity contribution in [3.05, 3.63) is 47.5 Å². The average Bonchev–Trinajstić information content (AvgIpc) is 3.40. The normalized spacial score (nSPS) is 28.6. The minimum Gasteiger partial charge on any atom is -0.502 e. The summed E-state index contributed by atoms with van der Waals surface area (Å²) in [5.41, 5.74) is 0.787. The Kier molecular flexibility index (Phi) is 13.9. The molecule has 2 aromatic rings. The highest BCUT2D eigenvalue weighted by Gasteiger charge is 2.58. The molecule has 19 nitrogen and oxygen atoms in total. The fourth-order valence-electron chi connectivity index (χ4n) is 5.38. The summed E-state index contributed by atoms with van der Waals surface area (Å²) in [7, 11) is 5.30. The summed E-state index contributed by atoms with van der Waals surface area (Å²) in [4.78, 5) is 24.9. The third-order valence-electron chi connectivity index (χ3n) is 8.32. The van der Waals surface area contributed by atoms with Crippen molar-refractivity contribution in [2.45, 2.75) is 54.8 Å². The third-order valence-corrected chi connectivity index (χ3v) is 8.32. The summed E-state index contributed by atoms with van der Waals surface area (Å²) >= 11 is 0. The number of phenolic OH excluding ortho intramolecular Hbond substituents is 2. The summed E-state index contributed by atoms with van der Waals surface area (Å²) in [6, 6.07) is 5.69. The predicted octanol–water partition coefficient (Wildman–Crippen LogP) is -1.42. The van der Waals surface area contributed by atoms with Gasteiger partial charge in [-0.3, -0.25) is 0 Å². The van der Waals surface area contributed by atoms with Crippen LogP contribution in [-0.4, -0.2) is 156 Å². The molecule has 0 amide bonds. The number of carbonyl (C=O) groups excluding carboxylic acids is 2. The van der Waals surface area contributed by atoms with Gasteiger partial charge in [-0.1, -0.05) is 0 Å². The lowest BCUT2D eigenvalue weighted by atomic mass is 9.99. The molecule has 2 heterocycles. The number of methoxy groups -OCH3 is 4. The predicted molar refractivity (Wildman–Crippen MR) is 177 cm³/mol. The summed E-state index contributed by atoms with van der Waals surface area (Å²) in [6.07, 6.45) is -9.81. The maximum atomic E-state index is 12.5. The SMILES string of the molecule is COc1cc(/C=C/C(=O)OC[C@H]2O[C@@](CO)(O[C@@H]3O[C@H](COC(=O)/C=C/c4cc(OC)c(O)c(OC)c4)[C@@H](O)[C@H](O)[C@H]3O)[C@@H](O)[C@@H]2O)cc(OC)c1O. The number of benzene rings is 2. The van der Waals surface area contributed by atoms with Crippen molar-refractivity contribution in [2.24, 2.45) is 0 Å². The molecule has 0 aromatic heterocycles. The Labute approximate surface area is 302 Å². The molecule has 2 aliphatic rings. The molecule has 292 valence electrons. The summed E-state index contributed by atoms with van der Waals surface area (Å²) in [5, 5.41) is 83.4. The summed E-state index contributed by atoms with van der Waals surface area (Å²) < 4.78 is 47.2. The molecule has 53 heavy (non-hydrogen) atoms. The molecule has 19 heteroatoms. The number of carbonyl (C=O) groups is 2. The smallest absolute Gasteiger partial charge is 0.330 e. The molecular formula is C34H42O19. The molecule has 2 saturated heterocycles. The highest BCUT2D eigenvalue weighted by atomic mass is 16.8. The zero-order valence-corrected chi connectivity index (χ0v) is 28.9. The zero-order valence-electron chi connectivity index (χ0n) is 28.9. The van der Waals surface area contributed by atoms with Crippen LogP contribution < -0.4 is 18.9 Å². The lowest BCUT2D eigenvalue weighted by Gasteiger charge is -2.43. The topological polar surface area (TPSA) is 279 Å². The number of aromatic hydroxyl groups is 2. The van der Waals surface area contributed by atoms with Gasteiger partial charge in [-0.25, -0.2) is 9.59 Å². The Hall–Kier alpha value is -4.70. The van der Waals surface area contributed by atoms with Crippen molar-refractivity contribution in [3.63, 3.8) is 0 Å². The fourth-order valence-corrected chi connectivity index (χ4v) is 5.38. The van der Waals surface area contributed by atoms with Gasteiger partial charge in [0.2, 0.25) is 17.3 Å². The minimum atomic E-state index is -2.49. The van der Waals surface area contributed by atoms with Gasteiger partial charge in [-0.15, -0.1) is 0 Å². The molecule has 0 unspecified atom stereocenters. The first-order chi connectivity index (χ1) is 25.2. The van der Waals surface area contributed by atoms with Gasteiger partial charge < -0.3 is 83.5 Å². The number of rotatable bonds is 15. The largest absolute Gasteiger partial charge is 0.502 e. The van der Waals surface area contributed by atoms with E-state index in [9.17, 15) is 50.4 Å². The van der Waals surface area contributed by atoms with E-state index in [-0.39, 0.29) is 34.5 Å². The van der Waals surface area contributed by atoms with Crippen LogP contribution >= 0.6 is 0 Å². The van der Waals surface area contributed by atoms with E-state index < -0.39 is 86.6 Å². The molecule has 0 bridgehead atoms. The molecule has 0 radical (unpaired) electrons. The van der Waals surface area contributed by atoms with Crippen molar-refractivity contribution < 1.29 is 93.1 Å². The standard InChI is InChI=1S/C34H42O19/c1-45-18-9-16(10-19(46-2)26(18)38)5-7-24(36)49-13-22-28(40)30(42)31(43)33(51-22)53-34(15-35)32(44)29(41)23(52-34)14-50-25(37)8-6-17-11-20(47-3)27(39)21(12-17)48-4/h5-12,22-23,28-33,35,38-44H,13-15H2,1-4H3/b7-5+,8-6+/t22-,23-,28-,29-,30+,31-,32+,33+,34+/m1/s1. The number of aliphatic hydroxyl groups excluding tert-OH is 6. The lowest BCUT2D eigenvalue weighted by molar-refractivity contribution is -0.383. The van der Waals surface area contributed by atoms with E-state index in [1.54, 1.807) is 0 Å². The highest BCUT2D eigenvalue weighted by Crippen LogP contribution is 2.39. The van der Waals surface area contributed by atoms with Crippen molar-refractivity contribution in [3.8, 4) is 34.5 Å². The van der Waals surface area contributed by atoms with Crippen molar-refractivity contribution in [2.75, 3.05) is 48.3 Å². The molecular weight excluding hydrogens is 712 g/mol. The van der Waals surface area contributed by atoms with Crippen LogP contribution in [0, 0.1) is 0 Å². The van der Waals surface area contributed by atoms with Gasteiger partial charge in [0, 0.05) is 12.2 Å². The van der Waals surface area contributed by atoms with E-state index in [4.69, 9.17) is 42.6 Å². The van der Waals surface area contributed by atoms with Crippen molar-refractivity contribution in [1.29, 1.82) is 0 Å². The van der Waals surface area contributed by atoms with E-state index in [2.05, 4.69) is 0 Å². The van der Waals surface area contributed by atoms with Crippen LogP contribution in [0.3, 0.4) is 0 Å². The lowest BCUT2D eigenvalue weighted by Crippen LogP contribution is -2.62. The van der Waals surface area contributed by atoms with E-state index in [1.807, 2.05) is 0 Å². The van der Waals surface area contributed by atoms with Crippen LogP contribution in [0.5, 0.6) is 34.5 Å². The Bertz CT molecular complexity index is 1590. The van der Waals surface area contributed by atoms with Gasteiger partial charge >= 0.3 is 11.9 Å². The first-order valence-corrected chi connectivity index (χ1v) is 15.8. The van der Waals surface area contributed by atoms with E-state index >= 15 is 0 Å². The molecule has 0 saturated carbocycles. The van der Waals surface area contributed by atoms with Crippen LogP contribution in [0.15, 0.2) is 36.4 Å². The van der Waals surface area contributed by atoms with Gasteiger partial charge in [0.25, 0.3) is 0 Å². The molecule has 0 aliphatic carbocycles. The maximum Gasteiger partial charge on any atom is 0.330 e. The van der Waals surface area contributed by atoms with Crippen LogP contribution in [0.2, 0.25) is 0 Å². The van der Waals surface area contributed by atoms with E-state index in [1.165, 1.54) is 64.9 Å². The van der Waals surface area contributed by atoms with Gasteiger partial charge in [0.05, 0.1) is 28.4 Å². The van der Waals surface area contributed by atoms with Crippen LogP contribution in [0.25, 0.3) is 12.2 Å². The monoisotopic (exact) mass is 754 g/mol. The van der Waals surface area contributed by atoms with Crippen LogP contribution in [-0.2, 0) is 33.3 Å². The second-order valence-corrected chi connectivity index (χ2v) is 11.7. The number of hydrogen-bond donors (Lipinski definition) is 8. The fraction of sp³-hybridized carbons (Fsp3) is 0.471. The molecule has 4 rings (SSSR count). The third kappa shape index (κ3) is 9.27. The number of hydrogen-bond acceptors (Lipinski definition) is 19. The molecule has 2 aliphatic heterocycles. The minimum absolute atomic E-state index is 0.0778. The first kappa shape index (κ1) is 41.1. The second kappa shape index (κ2) is 17.9. The van der Waals surface area contributed by atoms with Crippen molar-refractivity contribution >= 4 is 24.1 Å². The number of ether oxygens (including phenoxy) is 9. The Morgan fingerprint density at radius 3 is 1.53 bits per heavy atom. The maximum absolute atomic E-state index is 12.5. The van der Waals surface area contributed by atoms with Gasteiger partial charge in [0.15, 0.2) is 29.3 Å². The summed E-state index contributed by atoms with van der Waals surface area (Å²) in [5.74, 6) is -4.51. The second-order valence-electron chi connectivity index (χ2n) is 11.7. The van der Waals surface area contributed by atoms with E-state index in [0.717, 1.165) is 12.2 Å². The van der Waals surface area contributed by atoms with Gasteiger partial charge in [0.1, 0.15) is 62.5 Å². The van der Waals surface area contributed by atoms with Crippen LogP contribution in [0.4, 0.5) is 0 Å². The molecule has 0 spiro atoms. The van der Waals surface area contributed by atoms with Crippen LogP contribution in [0.1, 0.15) is 11.1 Å². The Morgan fingerprint density at radius 2 is 1.11 bits per heavy atom. The first-order valence-electron chi connectivity index (χ1n) is 15.8. The zero-order chi connectivity index (χ0) is 39.0. The number of phenols is 2. The quantitative estimate of drug-likeness (QED) is 0.0765. The molecule has 2 aromatic carbocycles.